The third-order valence-electron chi connectivity index (χ3n) is 2.77. The molecular formula is C13H14Br2N2. The largest absolute Gasteiger partial charge is 0.276 e. The van der Waals surface area contributed by atoms with Gasteiger partial charge >= 0.3 is 0 Å². The molecular weight excluding hydrogens is 344 g/mol. The predicted octanol–water partition coefficient (Wildman–Crippen LogP) is 3.90. The van der Waals surface area contributed by atoms with Crippen LogP contribution in [-0.4, -0.2) is 15.1 Å². The molecule has 0 amide bonds. The minimum Gasteiger partial charge on any atom is -0.276 e. The molecule has 0 radical (unpaired) electrons. The van der Waals surface area contributed by atoms with Crippen molar-refractivity contribution in [3.63, 3.8) is 0 Å². The molecule has 0 aliphatic rings. The van der Waals surface area contributed by atoms with E-state index in [-0.39, 0.29) is 0 Å². The molecule has 4 heteroatoms. The molecule has 1 aromatic carbocycles. The van der Waals surface area contributed by atoms with Gasteiger partial charge in [-0.25, -0.2) is 0 Å². The highest BCUT2D eigenvalue weighted by Crippen LogP contribution is 2.29. The molecule has 17 heavy (non-hydrogen) atoms. The normalized spacial score (nSPS) is 12.6. The Balaban J connectivity index is 2.20. The molecule has 0 fully saturated rings. The van der Waals surface area contributed by atoms with Gasteiger partial charge in [-0.2, -0.15) is 5.10 Å². The van der Waals surface area contributed by atoms with Crippen LogP contribution in [0, 0.1) is 0 Å². The second-order valence-corrected chi connectivity index (χ2v) is 5.60. The van der Waals surface area contributed by atoms with Crippen molar-refractivity contribution in [1.82, 2.24) is 9.78 Å². The lowest BCUT2D eigenvalue weighted by atomic mass is 9.95. The van der Waals surface area contributed by atoms with Crippen LogP contribution in [0.4, 0.5) is 0 Å². The maximum Gasteiger partial charge on any atom is 0.0521 e. The number of aryl methyl sites for hydroxylation is 1. The summed E-state index contributed by atoms with van der Waals surface area (Å²) in [6, 6.07) is 8.39. The summed E-state index contributed by atoms with van der Waals surface area (Å²) in [6.45, 7) is 0. The first-order valence-electron chi connectivity index (χ1n) is 5.48. The monoisotopic (exact) mass is 356 g/mol. The molecule has 0 saturated carbocycles. The van der Waals surface area contributed by atoms with Crippen LogP contribution in [0.3, 0.4) is 0 Å². The smallest absolute Gasteiger partial charge is 0.0521 e. The van der Waals surface area contributed by atoms with Gasteiger partial charge in [0, 0.05) is 23.0 Å². The van der Waals surface area contributed by atoms with Crippen molar-refractivity contribution in [2.45, 2.75) is 12.3 Å². The first-order chi connectivity index (χ1) is 8.20. The number of hydrogen-bond acceptors (Lipinski definition) is 1. The predicted molar refractivity (Wildman–Crippen MR) is 77.6 cm³/mol. The first kappa shape index (κ1) is 12.8. The van der Waals surface area contributed by atoms with Gasteiger partial charge in [0.25, 0.3) is 0 Å². The maximum absolute atomic E-state index is 4.21. The minimum atomic E-state index is 0.467. The molecule has 0 N–H and O–H groups in total. The SMILES string of the molecule is Cn1cc(CC(CBr)c2ccccc2Br)cn1. The van der Waals surface area contributed by atoms with E-state index in [0.29, 0.717) is 5.92 Å². The summed E-state index contributed by atoms with van der Waals surface area (Å²) in [5.41, 5.74) is 2.61. The van der Waals surface area contributed by atoms with Crippen LogP contribution < -0.4 is 0 Å². The van der Waals surface area contributed by atoms with Crippen molar-refractivity contribution in [1.29, 1.82) is 0 Å². The molecule has 0 spiro atoms. The summed E-state index contributed by atoms with van der Waals surface area (Å²) in [5.74, 6) is 0.467. The number of benzene rings is 1. The summed E-state index contributed by atoms with van der Waals surface area (Å²) in [7, 11) is 1.95. The Hall–Kier alpha value is -0.610. The van der Waals surface area contributed by atoms with Crippen molar-refractivity contribution >= 4 is 31.9 Å². The average Bonchev–Trinajstić information content (AvgIpc) is 2.73. The van der Waals surface area contributed by atoms with E-state index in [4.69, 9.17) is 0 Å². The van der Waals surface area contributed by atoms with Crippen molar-refractivity contribution in [3.8, 4) is 0 Å². The Bertz CT molecular complexity index is 494. The summed E-state index contributed by atoms with van der Waals surface area (Å²) >= 11 is 7.22. The standard InChI is InChI=1S/C13H14Br2N2/c1-17-9-10(8-16-17)6-11(7-14)12-4-2-3-5-13(12)15/h2-5,8-9,11H,6-7H2,1H3. The third-order valence-corrected chi connectivity index (χ3v) is 4.28. The van der Waals surface area contributed by atoms with Crippen molar-refractivity contribution < 1.29 is 0 Å². The van der Waals surface area contributed by atoms with Crippen LogP contribution in [0.1, 0.15) is 17.0 Å². The quantitative estimate of drug-likeness (QED) is 0.758. The van der Waals surface area contributed by atoms with E-state index in [2.05, 4.69) is 61.4 Å². The van der Waals surface area contributed by atoms with Crippen molar-refractivity contribution in [2.75, 3.05) is 5.33 Å². The molecule has 0 bridgehead atoms. The van der Waals surface area contributed by atoms with Crippen LogP contribution >= 0.6 is 31.9 Å². The highest BCUT2D eigenvalue weighted by Gasteiger charge is 2.14. The first-order valence-corrected chi connectivity index (χ1v) is 7.40. The topological polar surface area (TPSA) is 17.8 Å². The van der Waals surface area contributed by atoms with Gasteiger partial charge in [0.15, 0.2) is 0 Å². The van der Waals surface area contributed by atoms with Crippen LogP contribution in [0.5, 0.6) is 0 Å². The number of alkyl halides is 1. The van der Waals surface area contributed by atoms with Crippen LogP contribution in [-0.2, 0) is 13.5 Å². The van der Waals surface area contributed by atoms with E-state index in [1.54, 1.807) is 0 Å². The molecule has 1 unspecified atom stereocenters. The van der Waals surface area contributed by atoms with E-state index < -0.39 is 0 Å². The zero-order valence-electron chi connectivity index (χ0n) is 9.61. The van der Waals surface area contributed by atoms with E-state index in [0.717, 1.165) is 11.8 Å². The van der Waals surface area contributed by atoms with Gasteiger partial charge in [0.1, 0.15) is 0 Å². The molecule has 1 heterocycles. The van der Waals surface area contributed by atoms with E-state index >= 15 is 0 Å². The Morgan fingerprint density at radius 1 is 1.35 bits per heavy atom. The Morgan fingerprint density at radius 3 is 2.71 bits per heavy atom. The van der Waals surface area contributed by atoms with Gasteiger partial charge in [-0.3, -0.25) is 4.68 Å². The van der Waals surface area contributed by atoms with E-state index in [1.165, 1.54) is 15.6 Å². The molecule has 0 aliphatic carbocycles. The summed E-state index contributed by atoms with van der Waals surface area (Å²) in [4.78, 5) is 0. The molecule has 2 rings (SSSR count). The van der Waals surface area contributed by atoms with E-state index in [1.807, 2.05) is 24.0 Å². The van der Waals surface area contributed by atoms with E-state index in [9.17, 15) is 0 Å². The van der Waals surface area contributed by atoms with Gasteiger partial charge < -0.3 is 0 Å². The molecule has 2 aromatic rings. The molecule has 0 aliphatic heterocycles. The minimum absolute atomic E-state index is 0.467. The zero-order valence-corrected chi connectivity index (χ0v) is 12.8. The van der Waals surface area contributed by atoms with Gasteiger partial charge in [-0.15, -0.1) is 0 Å². The molecule has 1 atom stereocenters. The lowest BCUT2D eigenvalue weighted by Gasteiger charge is -2.15. The number of hydrogen-bond donors (Lipinski definition) is 0. The third kappa shape index (κ3) is 3.19. The average molecular weight is 358 g/mol. The highest BCUT2D eigenvalue weighted by atomic mass is 79.9. The Labute approximate surface area is 118 Å². The Kier molecular flexibility index (Phi) is 4.40. The van der Waals surface area contributed by atoms with Crippen molar-refractivity contribution in [2.24, 2.45) is 7.05 Å². The zero-order chi connectivity index (χ0) is 12.3. The van der Waals surface area contributed by atoms with Gasteiger partial charge in [-0.05, 0) is 29.5 Å². The molecule has 0 saturated heterocycles. The fraction of sp³-hybridized carbons (Fsp3) is 0.308. The lowest BCUT2D eigenvalue weighted by Crippen LogP contribution is -2.04. The summed E-state index contributed by atoms with van der Waals surface area (Å²) < 4.78 is 3.02. The second kappa shape index (κ2) is 5.83. The summed E-state index contributed by atoms with van der Waals surface area (Å²) in [6.07, 6.45) is 5.01. The number of aromatic nitrogens is 2. The number of nitrogens with zero attached hydrogens (tertiary/aromatic N) is 2. The number of rotatable bonds is 4. The molecule has 1 aromatic heterocycles. The fourth-order valence-corrected chi connectivity index (χ4v) is 3.10. The number of halogens is 2. The molecule has 2 nitrogen and oxygen atoms in total. The van der Waals surface area contributed by atoms with Crippen LogP contribution in [0.25, 0.3) is 0 Å². The second-order valence-electron chi connectivity index (χ2n) is 4.10. The summed E-state index contributed by atoms with van der Waals surface area (Å²) in [5, 5.41) is 5.16. The van der Waals surface area contributed by atoms with Gasteiger partial charge in [-0.1, -0.05) is 50.1 Å². The van der Waals surface area contributed by atoms with Gasteiger partial charge in [0.2, 0.25) is 0 Å². The highest BCUT2D eigenvalue weighted by molar-refractivity contribution is 9.10. The van der Waals surface area contributed by atoms with Gasteiger partial charge in [0.05, 0.1) is 6.20 Å². The molecule has 90 valence electrons. The van der Waals surface area contributed by atoms with Crippen LogP contribution in [0.2, 0.25) is 0 Å². The van der Waals surface area contributed by atoms with Crippen LogP contribution in [0.15, 0.2) is 41.1 Å². The maximum atomic E-state index is 4.21. The fourth-order valence-electron chi connectivity index (χ4n) is 1.92. The van der Waals surface area contributed by atoms with Crippen molar-refractivity contribution in [3.05, 3.63) is 52.3 Å². The lowest BCUT2D eigenvalue weighted by molar-refractivity contribution is 0.756. The Morgan fingerprint density at radius 2 is 2.12 bits per heavy atom.